The molecule has 1 heterocycles. The lowest BCUT2D eigenvalue weighted by atomic mass is 9.12. The molecule has 0 radical (unpaired) electrons. The van der Waals surface area contributed by atoms with Gasteiger partial charge in [0.1, 0.15) is 58.4 Å². The number of rotatable bonds is 18. The fourth-order valence-corrected chi connectivity index (χ4v) is 8.26. The van der Waals surface area contributed by atoms with Crippen molar-refractivity contribution in [1.29, 1.82) is 0 Å². The van der Waals surface area contributed by atoms with E-state index in [1.165, 1.54) is 64.2 Å². The number of ketones is 1. The largest absolute Gasteiger partial charge is 0.287 e. The van der Waals surface area contributed by atoms with E-state index >= 15 is 35.1 Å². The van der Waals surface area contributed by atoms with E-state index in [0.717, 1.165) is 17.7 Å². The number of aromatic nitrogens is 2. The van der Waals surface area contributed by atoms with Gasteiger partial charge in [-0.1, -0.05) is 95.0 Å². The molecule has 5 aromatic carbocycles. The second kappa shape index (κ2) is 23.8. The van der Waals surface area contributed by atoms with Crippen molar-refractivity contribution in [2.24, 2.45) is 0 Å². The first-order valence-corrected chi connectivity index (χ1v) is 21.6. The summed E-state index contributed by atoms with van der Waals surface area (Å²) in [5, 5.41) is 0. The van der Waals surface area contributed by atoms with Gasteiger partial charge in [-0.3, -0.25) is 4.79 Å². The van der Waals surface area contributed by atoms with Crippen LogP contribution in [0, 0.1) is 116 Å². The Labute approximate surface area is 396 Å². The summed E-state index contributed by atoms with van der Waals surface area (Å²) in [6, 6.07) is 9.48. The Balaban J connectivity index is 0.000000304. The van der Waals surface area contributed by atoms with Gasteiger partial charge in [-0.2, -0.15) is 4.57 Å². The number of nitrogens with zero attached hydrogens (tertiary/aromatic N) is 2. The first kappa shape index (κ1) is 56.4. The van der Waals surface area contributed by atoms with Crippen LogP contribution in [0.1, 0.15) is 87.2 Å². The van der Waals surface area contributed by atoms with E-state index in [9.17, 15) is 57.5 Å². The van der Waals surface area contributed by atoms with Gasteiger partial charge in [-0.25, -0.2) is 92.8 Å². The Morgan fingerprint density at radius 1 is 0.417 bits per heavy atom. The molecule has 72 heavy (non-hydrogen) atoms. The number of hydrogen-bond acceptors (Lipinski definition) is 2. The molecule has 0 fully saturated rings. The quantitative estimate of drug-likeness (QED) is 0.0163. The molecule has 0 aliphatic rings. The van der Waals surface area contributed by atoms with E-state index in [1.54, 1.807) is 0 Å². The highest BCUT2D eigenvalue weighted by Gasteiger charge is 2.52. The fourth-order valence-electron chi connectivity index (χ4n) is 8.26. The molecule has 0 unspecified atom stereocenters. The van der Waals surface area contributed by atoms with Crippen molar-refractivity contribution in [2.45, 2.75) is 84.1 Å². The smallest absolute Gasteiger partial charge is 0.227 e. The normalized spacial score (nSPS) is 11.6. The third-order valence-electron chi connectivity index (χ3n) is 11.7. The van der Waals surface area contributed by atoms with E-state index in [1.807, 2.05) is 53.5 Å². The minimum Gasteiger partial charge on any atom is -0.287 e. The second-order valence-electron chi connectivity index (χ2n) is 16.2. The van der Waals surface area contributed by atoms with Crippen molar-refractivity contribution < 1.29 is 97.2 Å². The van der Waals surface area contributed by atoms with Gasteiger partial charge in [0.15, 0.2) is 82.2 Å². The second-order valence-corrected chi connectivity index (χ2v) is 16.2. The zero-order chi connectivity index (χ0) is 53.5. The summed E-state index contributed by atoms with van der Waals surface area (Å²) in [5.41, 5.74) is -12.5. The summed E-state index contributed by atoms with van der Waals surface area (Å²) >= 11 is 0. The predicted octanol–water partition coefficient (Wildman–Crippen LogP) is 11.6. The monoisotopic (exact) mass is 1050 g/mol. The van der Waals surface area contributed by atoms with Crippen molar-refractivity contribution in [3.8, 4) is 0 Å². The maximum absolute atomic E-state index is 15.4. The molecular weight excluding hydrogens is 1010 g/mol. The molecule has 386 valence electrons. The molecule has 0 aliphatic carbocycles. The lowest BCUT2D eigenvalue weighted by molar-refractivity contribution is -0.684. The highest BCUT2D eigenvalue weighted by atomic mass is 19.2. The summed E-state index contributed by atoms with van der Waals surface area (Å²) in [5.74, 6) is -71.3. The SMILES string of the molecule is CCCCCCCCCCCCc1c[n+](CC(=O)c2ccccc2)ccn1.Fc1c(F)c(F)c([B-](c2c(F)c(F)c(F)c(F)c2F)(c2c(F)c(F)c(F)c(F)c2F)c2c(F)c(F)c(F)c(F)c2F)c(F)c1F. The van der Waals surface area contributed by atoms with Crippen molar-refractivity contribution in [3.05, 3.63) is 177 Å². The third kappa shape index (κ3) is 10.8. The van der Waals surface area contributed by atoms with Gasteiger partial charge in [0, 0.05) is 5.56 Å². The van der Waals surface area contributed by atoms with Crippen molar-refractivity contribution in [3.63, 3.8) is 0 Å². The average molecular weight is 1050 g/mol. The average Bonchev–Trinajstić information content (AvgIpc) is 3.37. The first-order chi connectivity index (χ1) is 34.0. The summed E-state index contributed by atoms with van der Waals surface area (Å²) < 4.78 is 296. The molecule has 6 aromatic rings. The van der Waals surface area contributed by atoms with Crippen molar-refractivity contribution in [1.82, 2.24) is 4.98 Å². The zero-order valence-corrected chi connectivity index (χ0v) is 37.0. The van der Waals surface area contributed by atoms with Gasteiger partial charge in [0.2, 0.25) is 12.3 Å². The van der Waals surface area contributed by atoms with Crippen LogP contribution < -0.4 is 26.4 Å². The first-order valence-electron chi connectivity index (χ1n) is 21.6. The maximum atomic E-state index is 15.4. The zero-order valence-electron chi connectivity index (χ0n) is 37.0. The van der Waals surface area contributed by atoms with E-state index < -0.39 is 144 Å². The number of aryl methyl sites for hydroxylation is 1. The molecule has 6 rings (SSSR count). The number of Topliss-reactive ketones (excluding diaryl/α,β-unsaturated/α-hetero) is 1. The molecule has 0 spiro atoms. The lowest BCUT2D eigenvalue weighted by Gasteiger charge is -2.44. The minimum absolute atomic E-state index is 0.136. The Hall–Kier alpha value is -6.49. The molecule has 24 heteroatoms. The molecule has 3 nitrogen and oxygen atoms in total. The summed E-state index contributed by atoms with van der Waals surface area (Å²) in [6.45, 7) is 2.64. The van der Waals surface area contributed by atoms with E-state index in [0.29, 0.717) is 6.54 Å². The predicted molar refractivity (Wildman–Crippen MR) is 220 cm³/mol. The number of benzene rings is 5. The number of unbranched alkanes of at least 4 members (excludes halogenated alkanes) is 9. The van der Waals surface area contributed by atoms with Crippen molar-refractivity contribution >= 4 is 33.8 Å². The number of hydrogen-bond donors (Lipinski definition) is 0. The fraction of sp³-hybridized carbons (Fsp3) is 0.271. The van der Waals surface area contributed by atoms with Gasteiger partial charge < -0.3 is 0 Å². The molecular formula is C48H35BF20N2O. The van der Waals surface area contributed by atoms with Gasteiger partial charge in [0.05, 0.1) is 6.20 Å². The summed E-state index contributed by atoms with van der Waals surface area (Å²) in [7, 11) is 0. The molecule has 0 aliphatic heterocycles. The van der Waals surface area contributed by atoms with Crippen LogP contribution in [0.15, 0.2) is 48.9 Å². The molecule has 0 saturated carbocycles. The topological polar surface area (TPSA) is 33.8 Å². The molecule has 0 atom stereocenters. The van der Waals surface area contributed by atoms with Crippen LogP contribution in [0.2, 0.25) is 0 Å². The van der Waals surface area contributed by atoms with Gasteiger partial charge >= 0.3 is 0 Å². The van der Waals surface area contributed by atoms with E-state index in [4.69, 9.17) is 0 Å². The highest BCUT2D eigenvalue weighted by molar-refractivity contribution is 7.20. The van der Waals surface area contributed by atoms with Crippen molar-refractivity contribution in [2.75, 3.05) is 0 Å². The van der Waals surface area contributed by atoms with Crippen LogP contribution >= 0.6 is 0 Å². The van der Waals surface area contributed by atoms with Gasteiger partial charge in [-0.05, 0) is 12.8 Å². The standard InChI is InChI=1S/C24BF20.C24H35N2O/c26-5-1(6(27)14(35)21(42)13(5)34)25(2-7(28)15(36)22(43)16(37)8(2)29,3-9(30)17(38)23(44)18(39)10(3)31)4-11(32)19(40)24(45)20(41)12(4)33;1-2-3-4-5-6-7-8-9-10-14-17-23-20-26(19-18-25-23)21-24(27)22-15-12-11-13-16-22/h;11-13,15-16,18-20H,2-10,14,17,21H2,1H3/q-1;+1. The summed E-state index contributed by atoms with van der Waals surface area (Å²) in [6.07, 6.45) is 12.9. The Kier molecular flexibility index (Phi) is 18.7. The molecule has 0 bridgehead atoms. The van der Waals surface area contributed by atoms with Crippen LogP contribution in [0.25, 0.3) is 0 Å². The lowest BCUT2D eigenvalue weighted by Crippen LogP contribution is -2.81. The van der Waals surface area contributed by atoms with Gasteiger partial charge in [0.25, 0.3) is 0 Å². The van der Waals surface area contributed by atoms with Crippen LogP contribution in [-0.4, -0.2) is 16.9 Å². The Morgan fingerprint density at radius 2 is 0.708 bits per heavy atom. The Bertz CT molecular complexity index is 2590. The highest BCUT2D eigenvalue weighted by Crippen LogP contribution is 2.31. The molecule has 0 N–H and O–H groups in total. The van der Waals surface area contributed by atoms with Crippen LogP contribution in [0.4, 0.5) is 87.8 Å². The molecule has 0 amide bonds. The number of carbonyl (C=O) groups is 1. The minimum atomic E-state index is -7.22. The number of halogens is 20. The third-order valence-corrected chi connectivity index (χ3v) is 11.7. The Morgan fingerprint density at radius 3 is 1.03 bits per heavy atom. The van der Waals surface area contributed by atoms with Gasteiger partial charge in [-0.15, -0.1) is 21.9 Å². The van der Waals surface area contributed by atoms with E-state index in [2.05, 4.69) is 11.9 Å². The number of carbonyl (C=O) groups excluding carboxylic acids is 1. The van der Waals surface area contributed by atoms with Crippen LogP contribution in [0.5, 0.6) is 0 Å². The molecule has 0 saturated heterocycles. The van der Waals surface area contributed by atoms with Crippen LogP contribution in [-0.2, 0) is 13.0 Å². The maximum Gasteiger partial charge on any atom is 0.227 e. The van der Waals surface area contributed by atoms with Crippen LogP contribution in [0.3, 0.4) is 0 Å². The molecule has 1 aromatic heterocycles. The van der Waals surface area contributed by atoms with E-state index in [-0.39, 0.29) is 5.78 Å². The summed E-state index contributed by atoms with van der Waals surface area (Å²) in [4.78, 5) is 16.8.